The summed E-state index contributed by atoms with van der Waals surface area (Å²) in [6.45, 7) is 16.1. The molecule has 0 radical (unpaired) electrons. The Morgan fingerprint density at radius 1 is 1.09 bits per heavy atom. The standard InChI is InChI=1S/C25H41BrO5Si/c1-8-28-21-16-18(17-22(23(21)26)29-9-2)24(31-32(6,7)25(3,4)5)20(14-15-27)30-19-12-10-11-13-19/h15-17,19-20,24H,8-14H2,1-7H3. The molecule has 0 spiro atoms. The van der Waals surface area contributed by atoms with Gasteiger partial charge in [0.25, 0.3) is 0 Å². The Morgan fingerprint density at radius 3 is 2.06 bits per heavy atom. The first-order valence-corrected chi connectivity index (χ1v) is 15.6. The van der Waals surface area contributed by atoms with Gasteiger partial charge in [-0.15, -0.1) is 0 Å². The molecule has 2 unspecified atom stereocenters. The SMILES string of the molecule is CCOc1cc(C(O[Si](C)(C)C(C)(C)C)C(CC=O)OC2CCCC2)cc(OCC)c1Br. The predicted octanol–water partition coefficient (Wildman–Crippen LogP) is 7.23. The molecule has 0 saturated heterocycles. The van der Waals surface area contributed by atoms with E-state index >= 15 is 0 Å². The molecule has 32 heavy (non-hydrogen) atoms. The van der Waals surface area contributed by atoms with Crippen LogP contribution < -0.4 is 9.47 Å². The van der Waals surface area contributed by atoms with Crippen molar-refractivity contribution >= 4 is 30.5 Å². The van der Waals surface area contributed by atoms with Crippen molar-refractivity contribution < 1.29 is 23.4 Å². The van der Waals surface area contributed by atoms with E-state index in [4.69, 9.17) is 18.6 Å². The lowest BCUT2D eigenvalue weighted by molar-refractivity contribution is -0.117. The second-order valence-electron chi connectivity index (χ2n) is 9.98. The molecule has 0 heterocycles. The number of carbonyl (C=O) groups is 1. The van der Waals surface area contributed by atoms with E-state index in [2.05, 4.69) is 49.8 Å². The number of carbonyl (C=O) groups excluding carboxylic acids is 1. The van der Waals surface area contributed by atoms with E-state index in [9.17, 15) is 4.79 Å². The summed E-state index contributed by atoms with van der Waals surface area (Å²) in [7, 11) is -2.17. The summed E-state index contributed by atoms with van der Waals surface area (Å²) in [5.74, 6) is 1.42. The number of hydrogen-bond acceptors (Lipinski definition) is 5. The van der Waals surface area contributed by atoms with Crippen LogP contribution in [0.25, 0.3) is 0 Å². The smallest absolute Gasteiger partial charge is 0.193 e. The average Bonchev–Trinajstić information content (AvgIpc) is 3.21. The molecule has 1 saturated carbocycles. The van der Waals surface area contributed by atoms with Crippen molar-refractivity contribution in [3.8, 4) is 11.5 Å². The average molecular weight is 530 g/mol. The maximum Gasteiger partial charge on any atom is 0.193 e. The lowest BCUT2D eigenvalue weighted by Gasteiger charge is -2.42. The van der Waals surface area contributed by atoms with Crippen LogP contribution in [0.4, 0.5) is 0 Å². The maximum atomic E-state index is 11.7. The summed E-state index contributed by atoms with van der Waals surface area (Å²) >= 11 is 3.63. The molecule has 5 nitrogen and oxygen atoms in total. The Kier molecular flexibility index (Phi) is 10.3. The molecule has 2 rings (SSSR count). The summed E-state index contributed by atoms with van der Waals surface area (Å²) < 4.78 is 26.1. The molecule has 2 atom stereocenters. The van der Waals surface area contributed by atoms with Crippen LogP contribution in [0.3, 0.4) is 0 Å². The van der Waals surface area contributed by atoms with E-state index in [0.717, 1.165) is 29.2 Å². The molecule has 1 aliphatic rings. The second kappa shape index (κ2) is 12.0. The zero-order valence-corrected chi connectivity index (χ0v) is 23.4. The summed E-state index contributed by atoms with van der Waals surface area (Å²) in [6, 6.07) is 4.01. The molecule has 0 amide bonds. The third-order valence-corrected chi connectivity index (χ3v) is 11.8. The zero-order valence-electron chi connectivity index (χ0n) is 20.8. The first-order chi connectivity index (χ1) is 15.0. The van der Waals surface area contributed by atoms with Gasteiger partial charge in [-0.25, -0.2) is 0 Å². The normalized spacial score (nSPS) is 17.2. The molecule has 1 aromatic rings. The molecule has 1 fully saturated rings. The fourth-order valence-corrected chi connectivity index (χ4v) is 5.48. The van der Waals surface area contributed by atoms with Crippen molar-refractivity contribution in [2.24, 2.45) is 0 Å². The van der Waals surface area contributed by atoms with E-state index in [1.54, 1.807) is 0 Å². The van der Waals surface area contributed by atoms with Gasteiger partial charge in [-0.1, -0.05) is 33.6 Å². The van der Waals surface area contributed by atoms with E-state index in [-0.39, 0.29) is 23.4 Å². The molecular weight excluding hydrogens is 488 g/mol. The Bertz CT molecular complexity index is 713. The van der Waals surface area contributed by atoms with Crippen LogP contribution in [0.15, 0.2) is 16.6 Å². The van der Waals surface area contributed by atoms with Crippen LogP contribution in [0.5, 0.6) is 11.5 Å². The van der Waals surface area contributed by atoms with Gasteiger partial charge in [0.2, 0.25) is 0 Å². The van der Waals surface area contributed by atoms with Crippen molar-refractivity contribution in [1.82, 2.24) is 0 Å². The minimum absolute atomic E-state index is 0.0190. The lowest BCUT2D eigenvalue weighted by Crippen LogP contribution is -2.45. The molecule has 0 aliphatic heterocycles. The molecular formula is C25H41BrO5Si. The summed E-state index contributed by atoms with van der Waals surface area (Å²) in [5.41, 5.74) is 0.926. The number of rotatable bonds is 12. The summed E-state index contributed by atoms with van der Waals surface area (Å²) in [5, 5.41) is 0.0190. The maximum absolute atomic E-state index is 11.7. The fraction of sp³-hybridized carbons (Fsp3) is 0.720. The number of aldehydes is 1. The largest absolute Gasteiger partial charge is 0.493 e. The monoisotopic (exact) mass is 528 g/mol. The first-order valence-electron chi connectivity index (χ1n) is 11.9. The number of halogens is 1. The third kappa shape index (κ3) is 7.05. The predicted molar refractivity (Wildman–Crippen MR) is 135 cm³/mol. The van der Waals surface area contributed by atoms with Gasteiger partial charge in [0.15, 0.2) is 8.32 Å². The Labute approximate surface area is 203 Å². The van der Waals surface area contributed by atoms with Crippen molar-refractivity contribution in [1.29, 1.82) is 0 Å². The van der Waals surface area contributed by atoms with Crippen molar-refractivity contribution in [2.45, 2.75) is 103 Å². The highest BCUT2D eigenvalue weighted by atomic mass is 79.9. The van der Waals surface area contributed by atoms with Crippen LogP contribution in [0.2, 0.25) is 18.1 Å². The van der Waals surface area contributed by atoms with Crippen molar-refractivity contribution in [2.75, 3.05) is 13.2 Å². The molecule has 0 N–H and O–H groups in total. The quantitative estimate of drug-likeness (QED) is 0.211. The van der Waals surface area contributed by atoms with Crippen LogP contribution in [-0.4, -0.2) is 40.0 Å². The highest BCUT2D eigenvalue weighted by Crippen LogP contribution is 2.45. The van der Waals surface area contributed by atoms with Gasteiger partial charge in [0.05, 0.1) is 31.5 Å². The van der Waals surface area contributed by atoms with E-state index in [1.807, 2.05) is 26.0 Å². The number of ether oxygens (including phenoxy) is 3. The van der Waals surface area contributed by atoms with Crippen molar-refractivity contribution in [3.63, 3.8) is 0 Å². The number of hydrogen-bond donors (Lipinski definition) is 0. The molecule has 7 heteroatoms. The highest BCUT2D eigenvalue weighted by molar-refractivity contribution is 9.10. The van der Waals surface area contributed by atoms with Gasteiger partial charge < -0.3 is 23.4 Å². The van der Waals surface area contributed by atoms with Gasteiger partial charge in [-0.2, -0.15) is 0 Å². The van der Waals surface area contributed by atoms with Gasteiger partial charge >= 0.3 is 0 Å². The van der Waals surface area contributed by atoms with Gasteiger partial charge in [-0.3, -0.25) is 0 Å². The topological polar surface area (TPSA) is 54.0 Å². The minimum atomic E-state index is -2.17. The highest BCUT2D eigenvalue weighted by Gasteiger charge is 2.42. The molecule has 0 bridgehead atoms. The Balaban J connectivity index is 2.56. The van der Waals surface area contributed by atoms with Crippen LogP contribution >= 0.6 is 15.9 Å². The molecule has 1 aliphatic carbocycles. The van der Waals surface area contributed by atoms with Gasteiger partial charge in [-0.05, 0) is 78.4 Å². The number of benzene rings is 1. The van der Waals surface area contributed by atoms with E-state index in [0.29, 0.717) is 31.1 Å². The zero-order chi connectivity index (χ0) is 23.9. The fourth-order valence-electron chi connectivity index (χ4n) is 3.75. The Morgan fingerprint density at radius 2 is 1.62 bits per heavy atom. The van der Waals surface area contributed by atoms with Gasteiger partial charge in [0, 0.05) is 6.42 Å². The first kappa shape index (κ1) is 27.4. The van der Waals surface area contributed by atoms with Crippen molar-refractivity contribution in [3.05, 3.63) is 22.2 Å². The van der Waals surface area contributed by atoms with Crippen LogP contribution in [0, 0.1) is 0 Å². The lowest BCUT2D eigenvalue weighted by atomic mass is 10.0. The molecule has 1 aromatic carbocycles. The minimum Gasteiger partial charge on any atom is -0.493 e. The van der Waals surface area contributed by atoms with E-state index in [1.165, 1.54) is 12.8 Å². The second-order valence-corrected chi connectivity index (χ2v) is 15.5. The van der Waals surface area contributed by atoms with Gasteiger partial charge in [0.1, 0.15) is 22.3 Å². The summed E-state index contributed by atoms with van der Waals surface area (Å²) in [6.07, 6.45) is 5.11. The van der Waals surface area contributed by atoms with Crippen LogP contribution in [0.1, 0.15) is 78.4 Å². The van der Waals surface area contributed by atoms with Crippen LogP contribution in [-0.2, 0) is 14.0 Å². The molecule has 0 aromatic heterocycles. The third-order valence-electron chi connectivity index (χ3n) is 6.52. The molecule has 182 valence electrons. The summed E-state index contributed by atoms with van der Waals surface area (Å²) in [4.78, 5) is 11.7. The van der Waals surface area contributed by atoms with E-state index < -0.39 is 8.32 Å². The Hall–Kier alpha value is -0.893.